The molecule has 0 nitrogen and oxygen atoms in total. The van der Waals surface area contributed by atoms with Crippen LogP contribution in [0.25, 0.3) is 0 Å². The monoisotopic (exact) mass is 628 g/mol. The first-order chi connectivity index (χ1) is 16.6. The number of unbranched alkanes of at least 4 members (excludes halogenated alkanes) is 6. The predicted molar refractivity (Wildman–Crippen MR) is 153 cm³/mol. The Kier molecular flexibility index (Phi) is 19.1. The zero-order valence-corrected chi connectivity index (χ0v) is 29.2. The van der Waals surface area contributed by atoms with E-state index in [4.69, 9.17) is 0 Å². The molecule has 3 aliphatic carbocycles. The van der Waals surface area contributed by atoms with Crippen LogP contribution in [0.15, 0.2) is 42.5 Å². The van der Waals surface area contributed by atoms with Gasteiger partial charge in [-0.25, -0.2) is 0 Å². The summed E-state index contributed by atoms with van der Waals surface area (Å²) in [6.07, 6.45) is 30.3. The Balaban J connectivity index is 0.00000342. The number of hydrogen-bond donors (Lipinski definition) is 0. The fraction of sp³-hybridized carbons (Fsp3) is 0.667. The van der Waals surface area contributed by atoms with E-state index in [0.29, 0.717) is 0 Å². The zero-order chi connectivity index (χ0) is 24.0. The molecule has 212 valence electrons. The van der Waals surface area contributed by atoms with E-state index in [1.165, 1.54) is 83.5 Å². The molecule has 5 heteroatoms. The van der Waals surface area contributed by atoms with Gasteiger partial charge >= 0.3 is 21.7 Å². The van der Waals surface area contributed by atoms with Crippen molar-refractivity contribution in [1.29, 1.82) is 0 Å². The van der Waals surface area contributed by atoms with Gasteiger partial charge in [-0.2, -0.15) is 12.3 Å². The quantitative estimate of drug-likeness (QED) is 0.177. The van der Waals surface area contributed by atoms with E-state index in [0.717, 1.165) is 29.2 Å². The smallest absolute Gasteiger partial charge is 1.00 e. The molecule has 0 amide bonds. The van der Waals surface area contributed by atoms with Gasteiger partial charge in [0.1, 0.15) is 0 Å². The normalized spacial score (nSPS) is 25.2. The van der Waals surface area contributed by atoms with Crippen LogP contribution in [-0.4, -0.2) is 8.07 Å². The third-order valence-corrected chi connectivity index (χ3v) is 13.7. The molecule has 0 spiro atoms. The Morgan fingerprint density at radius 2 is 1.32 bits per heavy atom. The summed E-state index contributed by atoms with van der Waals surface area (Å²) in [5, 5.41) is 1.76. The van der Waals surface area contributed by atoms with Gasteiger partial charge in [0.15, 0.2) is 0 Å². The summed E-state index contributed by atoms with van der Waals surface area (Å²) in [6.45, 7) is 10.1. The van der Waals surface area contributed by atoms with Crippen molar-refractivity contribution in [3.05, 3.63) is 60.1 Å². The fourth-order valence-electron chi connectivity index (χ4n) is 7.67. The van der Waals surface area contributed by atoms with Crippen LogP contribution in [-0.2, 0) is 34.6 Å². The predicted octanol–water partition coefficient (Wildman–Crippen LogP) is 0.220. The number of fused-ring (bicyclic) bond motifs is 3. The van der Waals surface area contributed by atoms with Crippen molar-refractivity contribution < 1.29 is 58.9 Å². The molecule has 0 aliphatic heterocycles. The SMILES string of the molecule is CCCCCCc1cc(CCCCCC)cc([Si](C)(C)C2C3C=CC=CC3C3CCC[CH-]C32)c1.[Cl-].[Cl-].[Cl-].[Ti+4]. The molecule has 2 saturated carbocycles. The summed E-state index contributed by atoms with van der Waals surface area (Å²) >= 11 is 0. The molecule has 5 atom stereocenters. The molecule has 0 bridgehead atoms. The molecule has 1 aromatic carbocycles. The molecule has 0 radical (unpaired) electrons. The van der Waals surface area contributed by atoms with Gasteiger partial charge in [0.05, 0.1) is 8.07 Å². The van der Waals surface area contributed by atoms with Crippen LogP contribution >= 0.6 is 0 Å². The summed E-state index contributed by atoms with van der Waals surface area (Å²) in [5.41, 5.74) is 4.13. The van der Waals surface area contributed by atoms with Crippen LogP contribution in [0.3, 0.4) is 0 Å². The van der Waals surface area contributed by atoms with Crippen molar-refractivity contribution >= 4 is 13.3 Å². The van der Waals surface area contributed by atoms with Crippen molar-refractivity contribution in [3.63, 3.8) is 0 Å². The molecule has 0 heterocycles. The third kappa shape index (κ3) is 9.26. The first kappa shape index (κ1) is 38.5. The van der Waals surface area contributed by atoms with Gasteiger partial charge in [0.25, 0.3) is 0 Å². The fourth-order valence-corrected chi connectivity index (χ4v) is 11.8. The van der Waals surface area contributed by atoms with Gasteiger partial charge in [-0.3, -0.25) is 0 Å². The molecule has 2 fully saturated rings. The average Bonchev–Trinajstić information content (AvgIpc) is 3.20. The summed E-state index contributed by atoms with van der Waals surface area (Å²) in [7, 11) is -1.65. The maximum atomic E-state index is 2.77. The van der Waals surface area contributed by atoms with Gasteiger partial charge in [0, 0.05) is 0 Å². The Bertz CT molecular complexity index is 822. The maximum absolute atomic E-state index is 2.77. The minimum Gasteiger partial charge on any atom is -1.00 e. The minimum atomic E-state index is -1.65. The second-order valence-corrected chi connectivity index (χ2v) is 16.9. The summed E-state index contributed by atoms with van der Waals surface area (Å²) in [6, 6.07) is 7.95. The summed E-state index contributed by atoms with van der Waals surface area (Å²) < 4.78 is 0. The molecule has 5 unspecified atom stereocenters. The van der Waals surface area contributed by atoms with E-state index in [1.807, 2.05) is 0 Å². The number of aryl methyl sites for hydroxylation is 2. The molecule has 4 rings (SSSR count). The standard InChI is InChI=1S/C33H51Si.3ClH.Ti/c1-5-7-9-11-17-26-23-27(18-12-10-8-6-2)25-28(24-26)34(3,4)33-31-21-15-13-19-29(31)30-20-14-16-22-32(30)33;;;;/h13,15,19,21-25,29-33H,5-12,14,16-18,20H2,1-4H3;3*1H;/q-1;;;;+4/p-3. The van der Waals surface area contributed by atoms with E-state index in [-0.39, 0.29) is 58.9 Å². The maximum Gasteiger partial charge on any atom is 4.00 e. The Morgan fingerprint density at radius 3 is 1.87 bits per heavy atom. The van der Waals surface area contributed by atoms with Crippen LogP contribution in [0.4, 0.5) is 0 Å². The van der Waals surface area contributed by atoms with Crippen molar-refractivity contribution in [3.8, 4) is 0 Å². The van der Waals surface area contributed by atoms with E-state index in [1.54, 1.807) is 16.3 Å². The Morgan fingerprint density at radius 1 is 0.763 bits per heavy atom. The van der Waals surface area contributed by atoms with Crippen LogP contribution < -0.4 is 42.4 Å². The molecular formula is C33H51Cl3SiTi. The number of halogens is 3. The Labute approximate surface area is 270 Å². The van der Waals surface area contributed by atoms with E-state index >= 15 is 0 Å². The van der Waals surface area contributed by atoms with E-state index in [2.05, 4.69) is 75.9 Å². The van der Waals surface area contributed by atoms with Gasteiger partial charge in [-0.15, -0.1) is 0 Å². The molecule has 0 saturated heterocycles. The van der Waals surface area contributed by atoms with Crippen molar-refractivity contribution in [2.24, 2.45) is 23.7 Å². The second-order valence-electron chi connectivity index (χ2n) is 12.2. The Hall–Kier alpha value is 0.501. The van der Waals surface area contributed by atoms with Gasteiger partial charge in [-0.1, -0.05) is 137 Å². The average molecular weight is 630 g/mol. The number of benzene rings is 1. The minimum absolute atomic E-state index is 0. The zero-order valence-electron chi connectivity index (χ0n) is 24.3. The first-order valence-electron chi connectivity index (χ1n) is 14.9. The molecular weight excluding hydrogens is 579 g/mol. The van der Waals surface area contributed by atoms with E-state index < -0.39 is 8.07 Å². The van der Waals surface area contributed by atoms with Crippen LogP contribution in [0, 0.1) is 30.1 Å². The molecule has 1 aromatic rings. The molecule has 0 aromatic heterocycles. The largest absolute Gasteiger partial charge is 4.00 e. The van der Waals surface area contributed by atoms with E-state index in [9.17, 15) is 0 Å². The number of allylic oxidation sites excluding steroid dienone is 4. The number of rotatable bonds is 12. The van der Waals surface area contributed by atoms with Crippen molar-refractivity contribution in [2.45, 2.75) is 116 Å². The third-order valence-electron chi connectivity index (χ3n) is 9.49. The number of hydrogen-bond acceptors (Lipinski definition) is 0. The van der Waals surface area contributed by atoms with Crippen LogP contribution in [0.5, 0.6) is 0 Å². The van der Waals surface area contributed by atoms with Crippen molar-refractivity contribution in [2.75, 3.05) is 0 Å². The van der Waals surface area contributed by atoms with Crippen LogP contribution in [0.1, 0.15) is 95.6 Å². The van der Waals surface area contributed by atoms with Gasteiger partial charge in [0.2, 0.25) is 0 Å². The van der Waals surface area contributed by atoms with Gasteiger partial charge in [-0.05, 0) is 48.6 Å². The first-order valence-corrected chi connectivity index (χ1v) is 18.0. The summed E-state index contributed by atoms with van der Waals surface area (Å²) in [4.78, 5) is 0. The molecule has 0 N–H and O–H groups in total. The second kappa shape index (κ2) is 18.8. The topological polar surface area (TPSA) is 0 Å². The molecule has 38 heavy (non-hydrogen) atoms. The molecule has 3 aliphatic rings. The van der Waals surface area contributed by atoms with Crippen molar-refractivity contribution in [1.82, 2.24) is 0 Å². The van der Waals surface area contributed by atoms with Crippen LogP contribution in [0.2, 0.25) is 18.6 Å². The van der Waals surface area contributed by atoms with Gasteiger partial charge < -0.3 is 43.6 Å². The summed E-state index contributed by atoms with van der Waals surface area (Å²) in [5.74, 6) is 3.27.